The minimum atomic E-state index is -0.190. The molecule has 0 fully saturated rings. The summed E-state index contributed by atoms with van der Waals surface area (Å²) in [6, 6.07) is 9.82. The van der Waals surface area contributed by atoms with Crippen LogP contribution in [0.3, 0.4) is 0 Å². The fourth-order valence-electron chi connectivity index (χ4n) is 2.17. The predicted molar refractivity (Wildman–Crippen MR) is 78.9 cm³/mol. The van der Waals surface area contributed by atoms with Gasteiger partial charge in [-0.05, 0) is 37.1 Å². The number of nitrogens with one attached hydrogen (secondary N) is 1. The first-order valence-electron chi connectivity index (χ1n) is 6.76. The van der Waals surface area contributed by atoms with Crippen LogP contribution in [0.2, 0.25) is 0 Å². The van der Waals surface area contributed by atoms with E-state index in [2.05, 4.69) is 10.3 Å². The minimum absolute atomic E-state index is 0.190. The van der Waals surface area contributed by atoms with E-state index in [1.54, 1.807) is 6.07 Å². The zero-order chi connectivity index (χ0) is 14.1. The first-order valence-corrected chi connectivity index (χ1v) is 6.76. The molecule has 2 aromatic heterocycles. The lowest BCUT2D eigenvalue weighted by Crippen LogP contribution is -2.23. The Morgan fingerprint density at radius 3 is 2.90 bits per heavy atom. The highest BCUT2D eigenvalue weighted by atomic mass is 16.4. The molecule has 0 aliphatic carbocycles. The molecule has 3 rings (SSSR count). The highest BCUT2D eigenvalue weighted by Gasteiger charge is 2.13. The molecule has 0 aliphatic rings. The molecular formula is C16H16N2O2. The number of nitrogens with zero attached hydrogens (tertiary/aromatic N) is 1. The van der Waals surface area contributed by atoms with Gasteiger partial charge in [-0.15, -0.1) is 0 Å². The molecule has 0 unspecified atom stereocenters. The van der Waals surface area contributed by atoms with Crippen LogP contribution in [0.1, 0.15) is 29.5 Å². The van der Waals surface area contributed by atoms with Crippen LogP contribution in [0.4, 0.5) is 0 Å². The zero-order valence-corrected chi connectivity index (χ0v) is 11.6. The smallest absolute Gasteiger partial charge is 0.287 e. The van der Waals surface area contributed by atoms with E-state index in [9.17, 15) is 4.79 Å². The first-order chi connectivity index (χ1) is 9.67. The summed E-state index contributed by atoms with van der Waals surface area (Å²) in [6.45, 7) is 4.68. The average Bonchev–Trinajstić information content (AvgIpc) is 2.85. The molecule has 3 aromatic rings. The third kappa shape index (κ3) is 2.25. The third-order valence-electron chi connectivity index (χ3n) is 3.22. The lowest BCUT2D eigenvalue weighted by molar-refractivity contribution is 0.0928. The lowest BCUT2D eigenvalue weighted by atomic mass is 10.1. The van der Waals surface area contributed by atoms with Crippen molar-refractivity contribution < 1.29 is 9.21 Å². The van der Waals surface area contributed by atoms with E-state index in [0.29, 0.717) is 18.0 Å². The summed E-state index contributed by atoms with van der Waals surface area (Å²) < 4.78 is 5.55. The highest BCUT2D eigenvalue weighted by molar-refractivity contribution is 5.98. The number of carbonyl (C=O) groups is 1. The average molecular weight is 268 g/mol. The van der Waals surface area contributed by atoms with E-state index in [4.69, 9.17) is 4.42 Å². The van der Waals surface area contributed by atoms with Gasteiger partial charge in [0.1, 0.15) is 0 Å². The number of fused-ring (bicyclic) bond motifs is 2. The predicted octanol–water partition coefficient (Wildman–Crippen LogP) is 3.43. The molecule has 0 atom stereocenters. The largest absolute Gasteiger partial charge is 0.433 e. The summed E-state index contributed by atoms with van der Waals surface area (Å²) in [5, 5.41) is 4.70. The summed E-state index contributed by atoms with van der Waals surface area (Å²) >= 11 is 0. The molecule has 102 valence electrons. The molecule has 1 N–H and O–H groups in total. The highest BCUT2D eigenvalue weighted by Crippen LogP contribution is 2.23. The zero-order valence-electron chi connectivity index (χ0n) is 11.6. The molecule has 0 saturated heterocycles. The van der Waals surface area contributed by atoms with Crippen LogP contribution >= 0.6 is 0 Å². The van der Waals surface area contributed by atoms with Crippen molar-refractivity contribution >= 4 is 27.9 Å². The Morgan fingerprint density at radius 1 is 1.25 bits per heavy atom. The second kappa shape index (κ2) is 4.96. The molecular weight excluding hydrogens is 252 g/mol. The molecule has 0 spiro atoms. The number of aromatic nitrogens is 1. The van der Waals surface area contributed by atoms with Crippen molar-refractivity contribution in [2.24, 2.45) is 0 Å². The second-order valence-electron chi connectivity index (χ2n) is 4.95. The van der Waals surface area contributed by atoms with Crippen molar-refractivity contribution in [3.63, 3.8) is 0 Å². The summed E-state index contributed by atoms with van der Waals surface area (Å²) in [5.74, 6) is 0.123. The molecule has 0 saturated carbocycles. The Hall–Kier alpha value is -2.36. The van der Waals surface area contributed by atoms with Gasteiger partial charge in [0.2, 0.25) is 5.71 Å². The standard InChI is InChI=1S/C16H16N2O2/c1-3-6-17-15(19)14-9-12-8-11-5-4-10(2)7-13(11)18-16(12)20-14/h4-5,7-9H,3,6H2,1-2H3,(H,17,19). The number of pyridine rings is 1. The quantitative estimate of drug-likeness (QED) is 0.791. The van der Waals surface area contributed by atoms with Crippen LogP contribution < -0.4 is 5.32 Å². The summed E-state index contributed by atoms with van der Waals surface area (Å²) in [6.07, 6.45) is 0.896. The van der Waals surface area contributed by atoms with Crippen LogP contribution in [0.15, 0.2) is 34.7 Å². The number of carbonyl (C=O) groups excluding carboxylic acids is 1. The van der Waals surface area contributed by atoms with Gasteiger partial charge in [-0.3, -0.25) is 4.79 Å². The number of furan rings is 1. The summed E-state index contributed by atoms with van der Waals surface area (Å²) in [4.78, 5) is 16.4. The van der Waals surface area contributed by atoms with Crippen molar-refractivity contribution in [3.05, 3.63) is 41.7 Å². The summed E-state index contributed by atoms with van der Waals surface area (Å²) in [7, 11) is 0. The first kappa shape index (κ1) is 12.7. The Labute approximate surface area is 116 Å². The Kier molecular flexibility index (Phi) is 3.14. The molecule has 1 amide bonds. The molecule has 1 aromatic carbocycles. The fourth-order valence-corrected chi connectivity index (χ4v) is 2.17. The van der Waals surface area contributed by atoms with Gasteiger partial charge in [0.15, 0.2) is 5.76 Å². The second-order valence-corrected chi connectivity index (χ2v) is 4.95. The van der Waals surface area contributed by atoms with Crippen LogP contribution in [0, 0.1) is 6.92 Å². The molecule has 4 heteroatoms. The van der Waals surface area contributed by atoms with Crippen molar-refractivity contribution in [2.45, 2.75) is 20.3 Å². The van der Waals surface area contributed by atoms with Crippen molar-refractivity contribution in [1.82, 2.24) is 10.3 Å². The van der Waals surface area contributed by atoms with Crippen molar-refractivity contribution in [1.29, 1.82) is 0 Å². The fraction of sp³-hybridized carbons (Fsp3) is 0.250. The molecule has 20 heavy (non-hydrogen) atoms. The van der Waals surface area contributed by atoms with Crippen LogP contribution in [0.5, 0.6) is 0 Å². The number of rotatable bonds is 3. The minimum Gasteiger partial charge on any atom is -0.433 e. The topological polar surface area (TPSA) is 55.1 Å². The van der Waals surface area contributed by atoms with E-state index in [1.807, 2.05) is 38.1 Å². The lowest BCUT2D eigenvalue weighted by Gasteiger charge is -1.98. The van der Waals surface area contributed by atoms with Crippen LogP contribution in [-0.2, 0) is 0 Å². The van der Waals surface area contributed by atoms with Gasteiger partial charge in [-0.25, -0.2) is 4.98 Å². The maximum atomic E-state index is 11.9. The van der Waals surface area contributed by atoms with Gasteiger partial charge in [0, 0.05) is 17.3 Å². The molecule has 4 nitrogen and oxygen atoms in total. The maximum absolute atomic E-state index is 11.9. The van der Waals surface area contributed by atoms with Crippen LogP contribution in [0.25, 0.3) is 22.0 Å². The number of hydrogen-bond acceptors (Lipinski definition) is 3. The van der Waals surface area contributed by atoms with Gasteiger partial charge in [-0.2, -0.15) is 0 Å². The summed E-state index contributed by atoms with van der Waals surface area (Å²) in [5.41, 5.74) is 2.54. The van der Waals surface area contributed by atoms with E-state index in [0.717, 1.165) is 28.3 Å². The van der Waals surface area contributed by atoms with Crippen molar-refractivity contribution in [2.75, 3.05) is 6.54 Å². The van der Waals surface area contributed by atoms with E-state index in [1.165, 1.54) is 0 Å². The van der Waals surface area contributed by atoms with Gasteiger partial charge in [0.05, 0.1) is 5.52 Å². The van der Waals surface area contributed by atoms with E-state index >= 15 is 0 Å². The molecule has 0 aliphatic heterocycles. The van der Waals surface area contributed by atoms with Gasteiger partial charge >= 0.3 is 0 Å². The third-order valence-corrected chi connectivity index (χ3v) is 3.22. The molecule has 2 heterocycles. The Morgan fingerprint density at radius 2 is 2.10 bits per heavy atom. The number of benzene rings is 1. The molecule has 0 radical (unpaired) electrons. The normalized spacial score (nSPS) is 11.1. The number of hydrogen-bond donors (Lipinski definition) is 1. The van der Waals surface area contributed by atoms with E-state index < -0.39 is 0 Å². The Bertz CT molecular complexity index is 790. The maximum Gasteiger partial charge on any atom is 0.287 e. The van der Waals surface area contributed by atoms with Gasteiger partial charge in [0.25, 0.3) is 5.91 Å². The Balaban J connectivity index is 2.06. The van der Waals surface area contributed by atoms with E-state index in [-0.39, 0.29) is 5.91 Å². The van der Waals surface area contributed by atoms with Crippen molar-refractivity contribution in [3.8, 4) is 0 Å². The molecule has 0 bridgehead atoms. The van der Waals surface area contributed by atoms with Crippen LogP contribution in [-0.4, -0.2) is 17.4 Å². The SMILES string of the molecule is CCCNC(=O)c1cc2cc3ccc(C)cc3nc2o1. The number of amides is 1. The monoisotopic (exact) mass is 268 g/mol. The number of aryl methyl sites for hydroxylation is 1. The van der Waals surface area contributed by atoms with Gasteiger partial charge in [-0.1, -0.05) is 19.1 Å². The van der Waals surface area contributed by atoms with Gasteiger partial charge < -0.3 is 9.73 Å².